The Hall–Kier alpha value is -3.42. The van der Waals surface area contributed by atoms with Crippen molar-refractivity contribution in [2.45, 2.75) is 4.90 Å². The van der Waals surface area contributed by atoms with Crippen LogP contribution in [0.25, 0.3) is 6.08 Å². The lowest BCUT2D eigenvalue weighted by Crippen LogP contribution is -2.28. The van der Waals surface area contributed by atoms with Crippen molar-refractivity contribution in [3.63, 3.8) is 0 Å². The van der Waals surface area contributed by atoms with Crippen LogP contribution in [0.5, 0.6) is 5.75 Å². The SMILES string of the molecule is O=C(/C=C/c1ccc(O)cc1)c1ccccc1N(O)S(=O)(=O)c1ccccc1. The van der Waals surface area contributed by atoms with Crippen LogP contribution in [0.15, 0.2) is 89.8 Å². The number of anilines is 1. The number of benzene rings is 3. The van der Waals surface area contributed by atoms with E-state index in [9.17, 15) is 23.5 Å². The maximum atomic E-state index is 12.6. The molecule has 3 rings (SSSR count). The second kappa shape index (κ2) is 8.08. The van der Waals surface area contributed by atoms with E-state index in [4.69, 9.17) is 0 Å². The number of sulfonamides is 1. The molecule has 0 unspecified atom stereocenters. The molecule has 0 amide bonds. The number of phenolic OH excluding ortho intramolecular Hbond substituents is 1. The second-order valence-electron chi connectivity index (χ2n) is 5.87. The molecule has 142 valence electrons. The molecule has 0 saturated heterocycles. The average molecular weight is 395 g/mol. The van der Waals surface area contributed by atoms with Gasteiger partial charge in [0.1, 0.15) is 5.75 Å². The van der Waals surface area contributed by atoms with Crippen LogP contribution in [0, 0.1) is 0 Å². The van der Waals surface area contributed by atoms with Gasteiger partial charge in [-0.15, -0.1) is 4.47 Å². The molecule has 0 bridgehead atoms. The van der Waals surface area contributed by atoms with Crippen LogP contribution in [0.3, 0.4) is 0 Å². The summed E-state index contributed by atoms with van der Waals surface area (Å²) in [5, 5.41) is 19.7. The van der Waals surface area contributed by atoms with Crippen LogP contribution < -0.4 is 4.47 Å². The average Bonchev–Trinajstić information content (AvgIpc) is 2.73. The lowest BCUT2D eigenvalue weighted by molar-refractivity contribution is 0.104. The van der Waals surface area contributed by atoms with E-state index >= 15 is 0 Å². The lowest BCUT2D eigenvalue weighted by atomic mass is 10.1. The number of aromatic hydroxyl groups is 1. The first kappa shape index (κ1) is 19.3. The van der Waals surface area contributed by atoms with Gasteiger partial charge in [-0.05, 0) is 48.0 Å². The quantitative estimate of drug-likeness (QED) is 0.375. The topological polar surface area (TPSA) is 94.9 Å². The Morgan fingerprint density at radius 1 is 0.857 bits per heavy atom. The first-order chi connectivity index (χ1) is 13.4. The zero-order chi connectivity index (χ0) is 20.1. The van der Waals surface area contributed by atoms with Crippen LogP contribution in [0.2, 0.25) is 0 Å². The highest BCUT2D eigenvalue weighted by atomic mass is 32.2. The number of hydrogen-bond donors (Lipinski definition) is 2. The minimum atomic E-state index is -4.24. The number of phenols is 1. The molecule has 6 nitrogen and oxygen atoms in total. The van der Waals surface area contributed by atoms with Crippen LogP contribution in [-0.2, 0) is 10.0 Å². The van der Waals surface area contributed by atoms with Crippen molar-refractivity contribution in [3.8, 4) is 5.75 Å². The maximum absolute atomic E-state index is 12.6. The number of carbonyl (C=O) groups is 1. The van der Waals surface area contributed by atoms with Gasteiger partial charge in [0.15, 0.2) is 5.78 Å². The third kappa shape index (κ3) is 4.11. The van der Waals surface area contributed by atoms with Crippen LogP contribution in [-0.4, -0.2) is 24.5 Å². The van der Waals surface area contributed by atoms with Crippen LogP contribution in [0.4, 0.5) is 5.69 Å². The third-order valence-corrected chi connectivity index (χ3v) is 5.48. The first-order valence-electron chi connectivity index (χ1n) is 8.29. The number of nitrogens with zero attached hydrogens (tertiary/aromatic N) is 1. The summed E-state index contributed by atoms with van der Waals surface area (Å²) in [4.78, 5) is 12.5. The van der Waals surface area contributed by atoms with Crippen LogP contribution >= 0.6 is 0 Å². The van der Waals surface area contributed by atoms with Crippen molar-refractivity contribution in [1.82, 2.24) is 0 Å². The van der Waals surface area contributed by atoms with E-state index in [-0.39, 0.29) is 26.4 Å². The molecule has 0 aliphatic rings. The number of para-hydroxylation sites is 1. The molecule has 0 fully saturated rings. The van der Waals surface area contributed by atoms with Gasteiger partial charge in [0.2, 0.25) is 0 Å². The first-order valence-corrected chi connectivity index (χ1v) is 9.73. The maximum Gasteiger partial charge on any atom is 0.286 e. The standard InChI is InChI=1S/C21H17NO5S/c23-17-13-10-16(11-14-17)12-15-21(24)19-8-4-5-9-20(19)22(25)28(26,27)18-6-2-1-3-7-18/h1-15,23,25H/b15-12+. The van der Waals surface area contributed by atoms with Crippen LogP contribution in [0.1, 0.15) is 15.9 Å². The summed E-state index contributed by atoms with van der Waals surface area (Å²) in [5.74, 6) is -0.373. The molecule has 2 N–H and O–H groups in total. The number of ketones is 1. The van der Waals surface area contributed by atoms with Gasteiger partial charge in [0, 0.05) is 5.56 Å². The molecule has 0 spiro atoms. The minimum absolute atomic E-state index is 0.0273. The molecule has 0 aromatic heterocycles. The Bertz CT molecular complexity index is 1110. The largest absolute Gasteiger partial charge is 0.508 e. The third-order valence-electron chi connectivity index (χ3n) is 3.96. The molecule has 3 aromatic rings. The normalized spacial score (nSPS) is 11.5. The molecule has 7 heteroatoms. The van der Waals surface area contributed by atoms with Crippen molar-refractivity contribution in [2.75, 3.05) is 4.47 Å². The van der Waals surface area contributed by atoms with Crippen molar-refractivity contribution in [1.29, 1.82) is 0 Å². The number of hydrogen-bond acceptors (Lipinski definition) is 5. The van der Waals surface area contributed by atoms with Gasteiger partial charge in [0.25, 0.3) is 10.0 Å². The molecule has 0 atom stereocenters. The van der Waals surface area contributed by atoms with E-state index < -0.39 is 15.8 Å². The summed E-state index contributed by atoms with van der Waals surface area (Å²) in [6.07, 6.45) is 2.81. The lowest BCUT2D eigenvalue weighted by Gasteiger charge is -2.19. The van der Waals surface area contributed by atoms with Gasteiger partial charge in [-0.1, -0.05) is 48.5 Å². The van der Waals surface area contributed by atoms with Crippen molar-refractivity contribution >= 4 is 27.6 Å². The molecule has 0 aliphatic carbocycles. The Kier molecular flexibility index (Phi) is 5.58. The predicted molar refractivity (Wildman–Crippen MR) is 106 cm³/mol. The Morgan fingerprint density at radius 3 is 2.14 bits per heavy atom. The van der Waals surface area contributed by atoms with E-state index in [2.05, 4.69) is 0 Å². The number of allylic oxidation sites excluding steroid dienone is 1. The van der Waals surface area contributed by atoms with Gasteiger partial charge in [-0.3, -0.25) is 10.0 Å². The summed E-state index contributed by atoms with van der Waals surface area (Å²) < 4.78 is 25.4. The molecule has 0 aliphatic heterocycles. The molecule has 3 aromatic carbocycles. The minimum Gasteiger partial charge on any atom is -0.508 e. The Balaban J connectivity index is 1.92. The van der Waals surface area contributed by atoms with Crippen molar-refractivity contribution in [3.05, 3.63) is 96.1 Å². The second-order valence-corrected chi connectivity index (χ2v) is 7.63. The Morgan fingerprint density at radius 2 is 1.46 bits per heavy atom. The molecule has 28 heavy (non-hydrogen) atoms. The van der Waals surface area contributed by atoms with Crippen molar-refractivity contribution < 1.29 is 23.5 Å². The number of carbonyl (C=O) groups excluding carboxylic acids is 1. The monoisotopic (exact) mass is 395 g/mol. The summed E-state index contributed by atoms with van der Waals surface area (Å²) in [5.41, 5.74) is 0.563. The smallest absolute Gasteiger partial charge is 0.286 e. The fourth-order valence-electron chi connectivity index (χ4n) is 2.52. The summed E-state index contributed by atoms with van der Waals surface area (Å²) in [6, 6.07) is 19.6. The number of rotatable bonds is 6. The fraction of sp³-hybridized carbons (Fsp3) is 0. The zero-order valence-electron chi connectivity index (χ0n) is 14.6. The van der Waals surface area contributed by atoms with Gasteiger partial charge in [0.05, 0.1) is 10.6 Å². The van der Waals surface area contributed by atoms with E-state index in [0.29, 0.717) is 5.56 Å². The zero-order valence-corrected chi connectivity index (χ0v) is 15.5. The van der Waals surface area contributed by atoms with E-state index in [1.807, 2.05) is 0 Å². The van der Waals surface area contributed by atoms with Gasteiger partial charge < -0.3 is 5.11 Å². The van der Waals surface area contributed by atoms with Gasteiger partial charge >= 0.3 is 0 Å². The predicted octanol–water partition coefficient (Wildman–Crippen LogP) is 3.87. The van der Waals surface area contributed by atoms with E-state index in [1.54, 1.807) is 24.3 Å². The summed E-state index contributed by atoms with van der Waals surface area (Å²) in [7, 11) is -4.24. The molecular formula is C21H17NO5S. The fourth-order valence-corrected chi connectivity index (χ4v) is 3.64. The molecule has 0 heterocycles. The Labute approximate surface area is 162 Å². The highest BCUT2D eigenvalue weighted by Gasteiger charge is 2.26. The molecule has 0 saturated carbocycles. The van der Waals surface area contributed by atoms with Crippen molar-refractivity contribution in [2.24, 2.45) is 0 Å². The van der Waals surface area contributed by atoms with E-state index in [1.165, 1.54) is 66.7 Å². The molecular weight excluding hydrogens is 378 g/mol. The highest BCUT2D eigenvalue weighted by Crippen LogP contribution is 2.26. The molecule has 0 radical (unpaired) electrons. The van der Waals surface area contributed by atoms with Gasteiger partial charge in [-0.2, -0.15) is 8.42 Å². The van der Waals surface area contributed by atoms with Gasteiger partial charge in [-0.25, -0.2) is 0 Å². The van der Waals surface area contributed by atoms with E-state index in [0.717, 1.165) is 0 Å². The summed E-state index contributed by atoms with van der Waals surface area (Å²) >= 11 is 0. The highest BCUT2D eigenvalue weighted by molar-refractivity contribution is 7.92. The summed E-state index contributed by atoms with van der Waals surface area (Å²) in [6.45, 7) is 0.